The minimum Gasteiger partial charge on any atom is -0.490 e. The molecular weight excluding hydrogens is 266 g/mol. The molecule has 1 N–H and O–H groups in total. The van der Waals surface area contributed by atoms with E-state index < -0.39 is 0 Å². The van der Waals surface area contributed by atoms with Gasteiger partial charge in [0.05, 0.1) is 13.2 Å². The number of ether oxygens (including phenoxy) is 3. The molecule has 0 spiro atoms. The zero-order valence-corrected chi connectivity index (χ0v) is 13.2. The first kappa shape index (κ1) is 16.1. The van der Waals surface area contributed by atoms with Crippen molar-refractivity contribution in [2.24, 2.45) is 0 Å². The van der Waals surface area contributed by atoms with Gasteiger partial charge in [0.2, 0.25) is 0 Å². The van der Waals surface area contributed by atoms with E-state index in [1.807, 2.05) is 19.1 Å². The van der Waals surface area contributed by atoms with Crippen molar-refractivity contribution in [3.05, 3.63) is 23.8 Å². The third-order valence-electron chi connectivity index (χ3n) is 3.51. The third-order valence-corrected chi connectivity index (χ3v) is 3.51. The van der Waals surface area contributed by atoms with E-state index in [4.69, 9.17) is 14.2 Å². The predicted molar refractivity (Wildman–Crippen MR) is 84.1 cm³/mol. The smallest absolute Gasteiger partial charge is 0.165 e. The molecule has 0 heterocycles. The van der Waals surface area contributed by atoms with E-state index >= 15 is 0 Å². The molecule has 0 radical (unpaired) electrons. The molecule has 0 unspecified atom stereocenters. The summed E-state index contributed by atoms with van der Waals surface area (Å²) in [7, 11) is 1.73. The molecule has 1 fully saturated rings. The third kappa shape index (κ3) is 5.56. The van der Waals surface area contributed by atoms with Crippen molar-refractivity contribution in [1.29, 1.82) is 0 Å². The summed E-state index contributed by atoms with van der Waals surface area (Å²) in [5.74, 6) is 1.74. The number of benzene rings is 1. The largest absolute Gasteiger partial charge is 0.490 e. The van der Waals surface area contributed by atoms with Crippen LogP contribution in [0.1, 0.15) is 38.2 Å². The molecule has 118 valence electrons. The topological polar surface area (TPSA) is 39.7 Å². The van der Waals surface area contributed by atoms with Gasteiger partial charge in [-0.25, -0.2) is 0 Å². The van der Waals surface area contributed by atoms with E-state index in [0.717, 1.165) is 37.5 Å². The number of hydrogen-bond acceptors (Lipinski definition) is 4. The molecule has 0 aromatic heterocycles. The molecular formula is C17H27NO3. The first-order chi connectivity index (χ1) is 10.3. The highest BCUT2D eigenvalue weighted by Crippen LogP contribution is 2.32. The molecule has 1 saturated carbocycles. The summed E-state index contributed by atoms with van der Waals surface area (Å²) < 4.78 is 16.8. The summed E-state index contributed by atoms with van der Waals surface area (Å²) in [4.78, 5) is 0. The van der Waals surface area contributed by atoms with Crippen molar-refractivity contribution in [2.75, 3.05) is 26.9 Å². The van der Waals surface area contributed by atoms with Gasteiger partial charge < -0.3 is 19.5 Å². The van der Waals surface area contributed by atoms with E-state index in [9.17, 15) is 0 Å². The maximum atomic E-state index is 6.00. The minimum atomic E-state index is 0.652. The highest BCUT2D eigenvalue weighted by atomic mass is 16.5. The zero-order chi connectivity index (χ0) is 14.9. The Labute approximate surface area is 127 Å². The maximum absolute atomic E-state index is 6.00. The summed E-state index contributed by atoms with van der Waals surface area (Å²) >= 11 is 0. The molecule has 4 nitrogen and oxygen atoms in total. The van der Waals surface area contributed by atoms with Crippen LogP contribution in [0.2, 0.25) is 0 Å². The molecule has 1 aliphatic carbocycles. The van der Waals surface area contributed by atoms with Crippen molar-refractivity contribution in [1.82, 2.24) is 5.32 Å². The number of rotatable bonds is 11. The van der Waals surface area contributed by atoms with Crippen molar-refractivity contribution in [3.63, 3.8) is 0 Å². The average Bonchev–Trinajstić information content (AvgIpc) is 3.31. The summed E-state index contributed by atoms with van der Waals surface area (Å²) in [6, 6.07) is 6.82. The molecule has 0 amide bonds. The molecule has 1 aliphatic rings. The highest BCUT2D eigenvalue weighted by Gasteiger charge is 2.21. The van der Waals surface area contributed by atoms with Gasteiger partial charge >= 0.3 is 0 Å². The summed E-state index contributed by atoms with van der Waals surface area (Å²) in [5.41, 5.74) is 1.18. The lowest BCUT2D eigenvalue weighted by Gasteiger charge is -2.16. The second kappa shape index (κ2) is 8.90. The Balaban J connectivity index is 1.94. The Morgan fingerprint density at radius 2 is 1.95 bits per heavy atom. The average molecular weight is 293 g/mol. The van der Waals surface area contributed by atoms with Crippen LogP contribution >= 0.6 is 0 Å². The van der Waals surface area contributed by atoms with Crippen LogP contribution in [0.25, 0.3) is 0 Å². The lowest BCUT2D eigenvalue weighted by atomic mass is 10.2. The van der Waals surface area contributed by atoms with Crippen LogP contribution < -0.4 is 14.8 Å². The van der Waals surface area contributed by atoms with Crippen LogP contribution in [-0.2, 0) is 11.3 Å². The van der Waals surface area contributed by atoms with Crippen LogP contribution in [0.3, 0.4) is 0 Å². The number of hydrogen-bond donors (Lipinski definition) is 1. The van der Waals surface area contributed by atoms with Gasteiger partial charge in [0.25, 0.3) is 0 Å². The molecule has 1 aromatic rings. The van der Waals surface area contributed by atoms with E-state index in [1.165, 1.54) is 18.4 Å². The standard InChI is InChI=1S/C17H27NO3/c1-3-20-16-8-6-7-14(13-18-15-9-10-15)17(16)21-12-5-4-11-19-2/h6-8,15,18H,3-5,9-13H2,1-2H3. The number of para-hydroxylation sites is 1. The Bertz CT molecular complexity index is 418. The molecule has 4 heteroatoms. The number of nitrogens with one attached hydrogen (secondary N) is 1. The van der Waals surface area contributed by atoms with Crippen LogP contribution in [0.5, 0.6) is 11.5 Å². The fraction of sp³-hybridized carbons (Fsp3) is 0.647. The fourth-order valence-corrected chi connectivity index (χ4v) is 2.20. The Morgan fingerprint density at radius 1 is 1.14 bits per heavy atom. The van der Waals surface area contributed by atoms with E-state index in [-0.39, 0.29) is 0 Å². The summed E-state index contributed by atoms with van der Waals surface area (Å²) in [6.07, 6.45) is 4.59. The van der Waals surface area contributed by atoms with Gasteiger partial charge in [-0.2, -0.15) is 0 Å². The lowest BCUT2D eigenvalue weighted by molar-refractivity contribution is 0.182. The molecule has 0 bridgehead atoms. The number of unbranched alkanes of at least 4 members (excludes halogenated alkanes) is 1. The first-order valence-electron chi connectivity index (χ1n) is 7.95. The Kier molecular flexibility index (Phi) is 6.83. The van der Waals surface area contributed by atoms with E-state index in [0.29, 0.717) is 19.3 Å². The molecule has 0 aliphatic heterocycles. The van der Waals surface area contributed by atoms with Crippen LogP contribution in [0, 0.1) is 0 Å². The monoisotopic (exact) mass is 293 g/mol. The van der Waals surface area contributed by atoms with Gasteiger partial charge in [-0.05, 0) is 38.7 Å². The van der Waals surface area contributed by atoms with Crippen molar-refractivity contribution in [3.8, 4) is 11.5 Å². The van der Waals surface area contributed by atoms with Crippen molar-refractivity contribution in [2.45, 2.75) is 45.2 Å². The van der Waals surface area contributed by atoms with Crippen molar-refractivity contribution >= 4 is 0 Å². The van der Waals surface area contributed by atoms with Crippen LogP contribution in [0.15, 0.2) is 18.2 Å². The zero-order valence-electron chi connectivity index (χ0n) is 13.2. The molecule has 0 atom stereocenters. The van der Waals surface area contributed by atoms with Gasteiger partial charge in [0, 0.05) is 31.9 Å². The quantitative estimate of drug-likeness (QED) is 0.636. The summed E-state index contributed by atoms with van der Waals surface area (Å²) in [5, 5.41) is 3.54. The summed E-state index contributed by atoms with van der Waals surface area (Å²) in [6.45, 7) is 4.98. The maximum Gasteiger partial charge on any atom is 0.165 e. The highest BCUT2D eigenvalue weighted by molar-refractivity contribution is 5.46. The van der Waals surface area contributed by atoms with Crippen LogP contribution in [-0.4, -0.2) is 33.0 Å². The number of methoxy groups -OCH3 is 1. The van der Waals surface area contributed by atoms with Crippen molar-refractivity contribution < 1.29 is 14.2 Å². The molecule has 21 heavy (non-hydrogen) atoms. The van der Waals surface area contributed by atoms with Gasteiger partial charge in [-0.15, -0.1) is 0 Å². The SMILES string of the molecule is CCOc1cccc(CNC2CC2)c1OCCCCOC. The minimum absolute atomic E-state index is 0.652. The van der Waals surface area contributed by atoms with E-state index in [2.05, 4.69) is 11.4 Å². The second-order valence-electron chi connectivity index (χ2n) is 5.38. The molecule has 2 rings (SSSR count). The Morgan fingerprint density at radius 3 is 2.67 bits per heavy atom. The van der Waals surface area contributed by atoms with Gasteiger partial charge in [-0.1, -0.05) is 12.1 Å². The van der Waals surface area contributed by atoms with Crippen LogP contribution in [0.4, 0.5) is 0 Å². The fourth-order valence-electron chi connectivity index (χ4n) is 2.20. The van der Waals surface area contributed by atoms with Gasteiger partial charge in [0.1, 0.15) is 0 Å². The second-order valence-corrected chi connectivity index (χ2v) is 5.38. The molecule has 1 aromatic carbocycles. The van der Waals surface area contributed by atoms with Gasteiger partial charge in [0.15, 0.2) is 11.5 Å². The Hall–Kier alpha value is -1.26. The normalized spacial score (nSPS) is 14.2. The van der Waals surface area contributed by atoms with Gasteiger partial charge in [-0.3, -0.25) is 0 Å². The predicted octanol–water partition coefficient (Wildman–Crippen LogP) is 3.14. The van der Waals surface area contributed by atoms with E-state index in [1.54, 1.807) is 7.11 Å². The molecule has 0 saturated heterocycles. The first-order valence-corrected chi connectivity index (χ1v) is 7.95. The lowest BCUT2D eigenvalue weighted by Crippen LogP contribution is -2.16.